The van der Waals surface area contributed by atoms with Crippen LogP contribution in [0.1, 0.15) is 310 Å². The quantitative estimate of drug-likeness (QED) is 0.0169. The Hall–Kier alpha value is -6.10. The summed E-state index contributed by atoms with van der Waals surface area (Å²) in [5, 5.41) is 10.7. The van der Waals surface area contributed by atoms with Gasteiger partial charge in [0.15, 0.2) is 12.2 Å². The molecule has 2 unspecified atom stereocenters. The van der Waals surface area contributed by atoms with E-state index in [4.69, 9.17) is 37.0 Å². The van der Waals surface area contributed by atoms with Gasteiger partial charge in [-0.05, 0) is 141 Å². The molecule has 0 heterocycles. The summed E-state index contributed by atoms with van der Waals surface area (Å²) >= 11 is 0. The number of aliphatic hydroxyl groups is 1. The first-order valence-electron chi connectivity index (χ1n) is 42.7. The number of allylic oxidation sites excluding steroid dienone is 32. The van der Waals surface area contributed by atoms with Gasteiger partial charge in [0.25, 0.3) is 0 Å². The van der Waals surface area contributed by atoms with Crippen LogP contribution in [0.3, 0.4) is 0 Å². The average Bonchev–Trinajstić information content (AvgIpc) is 0.898. The van der Waals surface area contributed by atoms with Crippen LogP contribution in [0.5, 0.6) is 0 Å². The molecule has 0 aliphatic heterocycles. The Morgan fingerprint density at radius 2 is 0.482 bits per heavy atom. The number of carbonyl (C=O) groups is 4. The number of phosphoric ester groups is 2. The Kier molecular flexibility index (Phi) is 78.4. The molecule has 0 aromatic carbocycles. The molecule has 112 heavy (non-hydrogen) atoms. The maximum absolute atomic E-state index is 13.1. The van der Waals surface area contributed by atoms with Gasteiger partial charge in [0.2, 0.25) is 0 Å². The molecule has 0 amide bonds. The minimum atomic E-state index is -5.03. The van der Waals surface area contributed by atoms with Crippen molar-refractivity contribution in [3.63, 3.8) is 0 Å². The zero-order valence-electron chi connectivity index (χ0n) is 69.5. The lowest BCUT2D eigenvalue weighted by atomic mass is 10.0. The zero-order valence-corrected chi connectivity index (χ0v) is 71.3. The largest absolute Gasteiger partial charge is 0.472 e. The summed E-state index contributed by atoms with van der Waals surface area (Å²) in [6.07, 6.45) is 103. The summed E-state index contributed by atoms with van der Waals surface area (Å²) in [6, 6.07) is 0. The van der Waals surface area contributed by atoms with E-state index in [1.54, 1.807) is 0 Å². The predicted octanol–water partition coefficient (Wildman–Crippen LogP) is 25.7. The van der Waals surface area contributed by atoms with Gasteiger partial charge in [-0.2, -0.15) is 0 Å². The lowest BCUT2D eigenvalue weighted by Gasteiger charge is -2.21. The number of phosphoric acid groups is 2. The fraction of sp³-hybridized carbons (Fsp3) is 0.613. The topological polar surface area (TPSA) is 237 Å². The summed E-state index contributed by atoms with van der Waals surface area (Å²) in [4.78, 5) is 73.1. The van der Waals surface area contributed by atoms with Gasteiger partial charge in [-0.25, -0.2) is 9.13 Å². The van der Waals surface area contributed by atoms with Crippen molar-refractivity contribution < 1.29 is 80.2 Å². The van der Waals surface area contributed by atoms with Crippen LogP contribution in [0.15, 0.2) is 194 Å². The number of aliphatic hydroxyl groups excluding tert-OH is 1. The lowest BCUT2D eigenvalue weighted by molar-refractivity contribution is -0.161. The van der Waals surface area contributed by atoms with Crippen molar-refractivity contribution >= 4 is 39.5 Å². The third-order valence-electron chi connectivity index (χ3n) is 17.1. The number of hydrogen-bond donors (Lipinski definition) is 3. The second kappa shape index (κ2) is 82.9. The molecule has 3 N–H and O–H groups in total. The monoisotopic (exact) mass is 1600 g/mol. The third-order valence-corrected chi connectivity index (χ3v) is 19.0. The van der Waals surface area contributed by atoms with Crippen LogP contribution < -0.4 is 0 Å². The first-order valence-corrected chi connectivity index (χ1v) is 45.7. The van der Waals surface area contributed by atoms with E-state index in [0.717, 1.165) is 109 Å². The molecule has 0 bridgehead atoms. The van der Waals surface area contributed by atoms with E-state index in [-0.39, 0.29) is 25.7 Å². The molecule has 634 valence electrons. The first kappa shape index (κ1) is 106. The molecule has 17 nitrogen and oxygen atoms in total. The summed E-state index contributed by atoms with van der Waals surface area (Å²) in [7, 11) is -10.0. The molecular formula is C93H150O17P2. The predicted molar refractivity (Wildman–Crippen MR) is 463 cm³/mol. The summed E-state index contributed by atoms with van der Waals surface area (Å²) < 4.78 is 68.5. The Morgan fingerprint density at radius 1 is 0.259 bits per heavy atom. The first-order chi connectivity index (χ1) is 54.7. The molecule has 19 heteroatoms. The second-order valence-electron chi connectivity index (χ2n) is 27.7. The van der Waals surface area contributed by atoms with Crippen molar-refractivity contribution in [1.82, 2.24) is 0 Å². The van der Waals surface area contributed by atoms with Crippen molar-refractivity contribution in [3.8, 4) is 0 Å². The second-order valence-corrected chi connectivity index (χ2v) is 30.6. The molecule has 0 aromatic rings. The Morgan fingerprint density at radius 3 is 0.768 bits per heavy atom. The molecule has 0 aliphatic rings. The van der Waals surface area contributed by atoms with E-state index in [0.29, 0.717) is 44.9 Å². The van der Waals surface area contributed by atoms with Crippen LogP contribution >= 0.6 is 15.6 Å². The molecule has 0 saturated heterocycles. The molecule has 0 rings (SSSR count). The highest BCUT2D eigenvalue weighted by Crippen LogP contribution is 2.45. The number of esters is 4. The van der Waals surface area contributed by atoms with Crippen LogP contribution in [-0.2, 0) is 65.4 Å². The Balaban J connectivity index is 5.59. The van der Waals surface area contributed by atoms with E-state index in [2.05, 4.69) is 167 Å². The van der Waals surface area contributed by atoms with E-state index in [1.165, 1.54) is 103 Å². The highest BCUT2D eigenvalue weighted by atomic mass is 31.2. The number of hydrogen-bond acceptors (Lipinski definition) is 15. The SMILES string of the molecule is CC/C=C\C/C=C\C/C=C\C/C=C\C/C=C\C/C=C\CCC(=O)OC[C@H](COP(=O)(O)OC[C@@H](O)COP(=O)(O)OC[C@@H](COC(=O)CC/C=C\C/C=C\C/C=C\C/C=C\C/C=C\CCCCC)OC(=O)CC/C=C\C/C=C\C/C=C\C/C=C\C/C=C\CCCCC)OC(=O)CCCCCCCCCCCCCCCCC. The fourth-order valence-corrected chi connectivity index (χ4v) is 12.2. The third kappa shape index (κ3) is 81.9. The zero-order chi connectivity index (χ0) is 81.7. The van der Waals surface area contributed by atoms with Crippen LogP contribution in [0, 0.1) is 0 Å². The van der Waals surface area contributed by atoms with Gasteiger partial charge in [-0.15, -0.1) is 0 Å². The number of rotatable bonds is 78. The minimum absolute atomic E-state index is 0.0140. The van der Waals surface area contributed by atoms with Crippen LogP contribution in [-0.4, -0.2) is 96.7 Å². The summed E-state index contributed by atoms with van der Waals surface area (Å²) in [6.45, 7) is 4.45. The summed E-state index contributed by atoms with van der Waals surface area (Å²) in [5.41, 5.74) is 0. The van der Waals surface area contributed by atoms with Crippen molar-refractivity contribution in [3.05, 3.63) is 194 Å². The molecule has 0 aromatic heterocycles. The average molecular weight is 1600 g/mol. The van der Waals surface area contributed by atoms with Gasteiger partial charge < -0.3 is 33.8 Å². The van der Waals surface area contributed by atoms with Gasteiger partial charge in [-0.3, -0.25) is 37.3 Å². The van der Waals surface area contributed by atoms with Crippen molar-refractivity contribution in [2.24, 2.45) is 0 Å². The normalized spacial score (nSPS) is 14.7. The highest BCUT2D eigenvalue weighted by molar-refractivity contribution is 7.47. The standard InChI is InChI=1S/C93H150O17P2/c1-5-9-13-17-21-25-29-33-37-40-43-46-50-53-57-61-65-69-73-77-90(95)103-83-88(109-92(97)79-75-71-67-63-59-55-49-36-32-28-24-20-16-12-8-4)85-107-111(99,100)105-81-87(94)82-106-112(101,102)108-86-89(110-93(98)80-76-72-68-64-60-56-52-48-45-42-39-35-31-27-23-19-15-11-7-3)84-104-91(96)78-74-70-66-62-58-54-51-47-44-41-38-34-30-26-22-18-14-10-6-2/h9,13,21-23,25-27,33-35,37-39,43-48,53-54,56-58,60,65-66,68-70,72,87-89,94H,5-8,10-12,14-20,24,28-32,36,40-42,49-52,55,59,61-64,67,71,73-86H2,1-4H3,(H,99,100)(H,101,102)/b13-9-,25-21-,26-22-,27-23-,37-33-,38-34-,39-35-,46-43-,47-44-,48-45-,57-53-,58-54-,60-56-,69-65-,70-66-,72-68-/t87-,88-,89-/m1/s1. The van der Waals surface area contributed by atoms with Crippen LogP contribution in [0.2, 0.25) is 0 Å². The van der Waals surface area contributed by atoms with E-state index in [1.807, 2.05) is 54.7 Å². The van der Waals surface area contributed by atoms with Gasteiger partial charge in [0.05, 0.1) is 26.4 Å². The van der Waals surface area contributed by atoms with Gasteiger partial charge in [0, 0.05) is 25.7 Å². The molecular weight excluding hydrogens is 1450 g/mol. The maximum Gasteiger partial charge on any atom is 0.472 e. The molecule has 0 spiro atoms. The summed E-state index contributed by atoms with van der Waals surface area (Å²) in [5.74, 6) is -2.48. The molecule has 0 saturated carbocycles. The number of carbonyl (C=O) groups excluding carboxylic acids is 4. The Bertz CT molecular complexity index is 2890. The van der Waals surface area contributed by atoms with Gasteiger partial charge >= 0.3 is 39.5 Å². The van der Waals surface area contributed by atoms with Crippen LogP contribution in [0.25, 0.3) is 0 Å². The molecule has 0 aliphatic carbocycles. The van der Waals surface area contributed by atoms with E-state index >= 15 is 0 Å². The van der Waals surface area contributed by atoms with Crippen LogP contribution in [0.4, 0.5) is 0 Å². The maximum atomic E-state index is 13.1. The van der Waals surface area contributed by atoms with Gasteiger partial charge in [0.1, 0.15) is 19.3 Å². The van der Waals surface area contributed by atoms with Gasteiger partial charge in [-0.1, -0.05) is 338 Å². The Labute approximate surface area is 678 Å². The molecule has 0 fully saturated rings. The van der Waals surface area contributed by atoms with Crippen molar-refractivity contribution in [1.29, 1.82) is 0 Å². The number of unbranched alkanes of at least 4 members (excludes halogenated alkanes) is 20. The number of ether oxygens (including phenoxy) is 4. The highest BCUT2D eigenvalue weighted by Gasteiger charge is 2.30. The van der Waals surface area contributed by atoms with E-state index in [9.17, 15) is 43.2 Å². The molecule has 0 radical (unpaired) electrons. The fourth-order valence-electron chi connectivity index (χ4n) is 10.6. The lowest BCUT2D eigenvalue weighted by Crippen LogP contribution is -2.30. The smallest absolute Gasteiger partial charge is 0.462 e. The van der Waals surface area contributed by atoms with Crippen molar-refractivity contribution in [2.75, 3.05) is 39.6 Å². The molecule has 5 atom stereocenters. The van der Waals surface area contributed by atoms with E-state index < -0.39 is 97.5 Å². The van der Waals surface area contributed by atoms with Crippen molar-refractivity contribution in [2.45, 2.75) is 329 Å². The minimum Gasteiger partial charge on any atom is -0.462 e.